The first-order valence-corrected chi connectivity index (χ1v) is 19.6. The van der Waals surface area contributed by atoms with Gasteiger partial charge in [0.25, 0.3) is 5.91 Å². The average Bonchev–Trinajstić information content (AvgIpc) is 3.44. The van der Waals surface area contributed by atoms with E-state index in [-0.39, 0.29) is 23.7 Å². The summed E-state index contributed by atoms with van der Waals surface area (Å²) < 4.78 is 33.7. The van der Waals surface area contributed by atoms with Gasteiger partial charge in [0.1, 0.15) is 15.7 Å². The van der Waals surface area contributed by atoms with Gasteiger partial charge in [0.15, 0.2) is 0 Å². The molecule has 266 valence electrons. The second kappa shape index (κ2) is 14.5. The fourth-order valence-electron chi connectivity index (χ4n) is 8.09. The Labute approximate surface area is 299 Å². The van der Waals surface area contributed by atoms with Gasteiger partial charge in [0.05, 0.1) is 36.0 Å². The normalized spacial score (nSPS) is 28.7. The van der Waals surface area contributed by atoms with Crippen LogP contribution in [0.5, 0.6) is 5.75 Å². The van der Waals surface area contributed by atoms with Gasteiger partial charge in [-0.1, -0.05) is 29.8 Å². The molecule has 13 heteroatoms. The summed E-state index contributed by atoms with van der Waals surface area (Å²) in [5, 5.41) is 9.00. The Kier molecular flexibility index (Phi) is 10.0. The van der Waals surface area contributed by atoms with Gasteiger partial charge >= 0.3 is 0 Å². The van der Waals surface area contributed by atoms with Crippen LogP contribution in [0.25, 0.3) is 0 Å². The van der Waals surface area contributed by atoms with Crippen LogP contribution in [0.4, 0.5) is 5.69 Å². The van der Waals surface area contributed by atoms with E-state index in [4.69, 9.17) is 21.1 Å². The van der Waals surface area contributed by atoms with E-state index in [0.29, 0.717) is 54.7 Å². The fourth-order valence-corrected chi connectivity index (χ4v) is 9.91. The lowest BCUT2D eigenvalue weighted by atomic mass is 9.68. The summed E-state index contributed by atoms with van der Waals surface area (Å²) in [5.74, 6) is 0.398. The summed E-state index contributed by atoms with van der Waals surface area (Å²) in [6, 6.07) is 11.6. The number of amides is 2. The molecule has 7 rings (SSSR count). The summed E-state index contributed by atoms with van der Waals surface area (Å²) in [5.41, 5.74) is 4.06. The van der Waals surface area contributed by atoms with E-state index < -0.39 is 21.7 Å². The largest absolute Gasteiger partial charge is 0.490 e. The Bertz CT molecular complexity index is 1920. The highest BCUT2D eigenvalue weighted by atomic mass is 35.5. The molecule has 1 saturated carbocycles. The third kappa shape index (κ3) is 7.34. The third-order valence-corrected chi connectivity index (χ3v) is 12.9. The number of nitrogens with one attached hydrogen (secondary N) is 1. The van der Waals surface area contributed by atoms with Crippen LogP contribution in [0, 0.1) is 11.8 Å². The molecule has 1 fully saturated rings. The van der Waals surface area contributed by atoms with Crippen LogP contribution in [0.3, 0.4) is 0 Å². The Balaban J connectivity index is 1.24. The maximum Gasteiger partial charge on any atom is 0.286 e. The molecule has 2 aromatic carbocycles. The number of aromatic nitrogens is 3. The predicted octanol–water partition coefficient (Wildman–Crippen LogP) is 5.61. The van der Waals surface area contributed by atoms with E-state index in [1.54, 1.807) is 26.4 Å². The molecular weight excluding hydrogens is 676 g/mol. The van der Waals surface area contributed by atoms with Crippen LogP contribution < -0.4 is 14.4 Å². The Morgan fingerprint density at radius 2 is 2.08 bits per heavy atom. The molecule has 2 bridgehead atoms. The molecule has 3 aromatic rings. The molecule has 0 saturated heterocycles. The molecule has 5 atom stereocenters. The lowest BCUT2D eigenvalue weighted by molar-refractivity contribution is -0.119. The highest BCUT2D eigenvalue weighted by molar-refractivity contribution is 7.92. The number of hydrogen-bond donors (Lipinski definition) is 1. The van der Waals surface area contributed by atoms with E-state index in [1.807, 2.05) is 18.2 Å². The molecule has 0 radical (unpaired) electrons. The predicted molar refractivity (Wildman–Crippen MR) is 193 cm³/mol. The molecule has 2 amide bonds. The number of ether oxygens (including phenoxy) is 2. The number of hydrogen-bond acceptors (Lipinski definition) is 8. The van der Waals surface area contributed by atoms with Crippen LogP contribution in [-0.2, 0) is 44.8 Å². The number of nitrogens with zero attached hydrogens (tertiary/aromatic N) is 5. The molecule has 1 spiro atoms. The number of allylic oxidation sites excluding steroid dienone is 1. The van der Waals surface area contributed by atoms with Gasteiger partial charge in [-0.3, -0.25) is 14.3 Å². The minimum atomic E-state index is -3.43. The monoisotopic (exact) mass is 720 g/mol. The number of aryl methyl sites for hydroxylation is 3. The molecule has 4 aliphatic rings. The van der Waals surface area contributed by atoms with Crippen LogP contribution in [0.15, 0.2) is 59.1 Å². The Morgan fingerprint density at radius 3 is 2.86 bits per heavy atom. The van der Waals surface area contributed by atoms with Crippen LogP contribution in [-0.4, -0.2) is 69.7 Å². The number of methoxy groups -OCH3 is 1. The number of fused-ring (bicyclic) bond motifs is 4. The Hall–Kier alpha value is -3.74. The van der Waals surface area contributed by atoms with Crippen molar-refractivity contribution in [1.82, 2.24) is 19.7 Å². The fraction of sp³-hybridized carbons (Fsp3) is 0.514. The van der Waals surface area contributed by atoms with Gasteiger partial charge in [-0.05, 0) is 98.2 Å². The number of anilines is 1. The molecule has 1 N–H and O–H groups in total. The molecule has 50 heavy (non-hydrogen) atoms. The summed E-state index contributed by atoms with van der Waals surface area (Å²) in [7, 11) is 0.0356. The van der Waals surface area contributed by atoms with Crippen molar-refractivity contribution in [3.8, 4) is 5.75 Å². The first-order chi connectivity index (χ1) is 24.1. The van der Waals surface area contributed by atoms with E-state index in [0.717, 1.165) is 55.9 Å². The van der Waals surface area contributed by atoms with Gasteiger partial charge in [0, 0.05) is 56.1 Å². The minimum Gasteiger partial charge on any atom is -0.490 e. The van der Waals surface area contributed by atoms with Crippen LogP contribution in [0.2, 0.25) is 5.02 Å². The summed E-state index contributed by atoms with van der Waals surface area (Å²) in [4.78, 5) is 30.7. The molecule has 11 nitrogen and oxygen atoms in total. The highest BCUT2D eigenvalue weighted by Crippen LogP contribution is 2.47. The van der Waals surface area contributed by atoms with E-state index >= 15 is 0 Å². The van der Waals surface area contributed by atoms with Gasteiger partial charge in [-0.25, -0.2) is 4.21 Å². The second-order valence-corrected chi connectivity index (χ2v) is 16.7. The minimum absolute atomic E-state index is 0.0375. The van der Waals surface area contributed by atoms with Crippen molar-refractivity contribution in [2.24, 2.45) is 23.2 Å². The Morgan fingerprint density at radius 1 is 1.20 bits per heavy atom. The van der Waals surface area contributed by atoms with Gasteiger partial charge in [0.2, 0.25) is 5.91 Å². The molecule has 1 unspecified atom stereocenters. The van der Waals surface area contributed by atoms with E-state index in [1.165, 1.54) is 15.9 Å². The molecule has 2 aliphatic heterocycles. The van der Waals surface area contributed by atoms with Gasteiger partial charge in [-0.15, -0.1) is 4.36 Å². The van der Waals surface area contributed by atoms with E-state index in [2.05, 4.69) is 48.5 Å². The average molecular weight is 721 g/mol. The number of benzene rings is 2. The summed E-state index contributed by atoms with van der Waals surface area (Å²) in [6.07, 6.45) is 12.3. The molecule has 1 aromatic heterocycles. The van der Waals surface area contributed by atoms with Crippen molar-refractivity contribution in [3.63, 3.8) is 0 Å². The first kappa shape index (κ1) is 34.7. The maximum atomic E-state index is 14.2. The smallest absolute Gasteiger partial charge is 0.286 e. The van der Waals surface area contributed by atoms with Gasteiger partial charge < -0.3 is 14.4 Å². The second-order valence-electron chi connectivity index (χ2n) is 14.2. The number of rotatable bonds is 5. The summed E-state index contributed by atoms with van der Waals surface area (Å²) in [6.45, 7) is 2.01. The number of carbonyl (C=O) groups excluding carboxylic acids is 2. The lowest BCUT2D eigenvalue weighted by Crippen LogP contribution is -2.49. The third-order valence-electron chi connectivity index (χ3n) is 10.8. The maximum absolute atomic E-state index is 14.2. The van der Waals surface area contributed by atoms with Crippen molar-refractivity contribution >= 4 is 39.0 Å². The van der Waals surface area contributed by atoms with Crippen LogP contribution in [0.1, 0.15) is 72.1 Å². The molecule has 2 aliphatic carbocycles. The molecule has 3 heterocycles. The van der Waals surface area contributed by atoms with Crippen molar-refractivity contribution in [1.29, 1.82) is 0 Å². The number of halogens is 1. The quantitative estimate of drug-likeness (QED) is 0.338. The standard InChI is InChI=1S/C37H45ClN6O5S/c1-43-39-21-29(40-43)12-16-35(45)41-50(47)18-5-3-4-8-33(48-2)30-13-9-27(30)22-44-23-37(17-6-7-25-19-28(38)11-14-31(25)37)24-49-34-15-10-26(20-32(34)44)36(46)42-50/h4,8,10-11,14-15,19-21,27,30,33H,3,5-7,9,12-13,16-18,22-24H2,1-2H3,(H,41,42,45,46,47)/b8-4-/t27-,30+,33-,37-,50?/m0/s1. The SMILES string of the molecule is CO[C@H]1/C=C\CCCS(=O)(NC(=O)CCc2cnn(C)n2)=NC(=O)c2ccc3c(c2)N(C[C@@H]2CC[C@H]21)C[C@@]1(CCCc2cc(Cl)ccc21)CO3. The highest BCUT2D eigenvalue weighted by Gasteiger charge is 2.44. The molecular formula is C37H45ClN6O5S. The van der Waals surface area contributed by atoms with Gasteiger partial charge in [-0.2, -0.15) is 15.0 Å². The topological polar surface area (TPSA) is 128 Å². The van der Waals surface area contributed by atoms with Crippen molar-refractivity contribution in [3.05, 3.63) is 82.2 Å². The van der Waals surface area contributed by atoms with Crippen molar-refractivity contribution < 1.29 is 23.3 Å². The zero-order valence-corrected chi connectivity index (χ0v) is 30.3. The number of carbonyl (C=O) groups is 2. The lowest BCUT2D eigenvalue weighted by Gasteiger charge is -2.46. The zero-order valence-electron chi connectivity index (χ0n) is 28.7. The summed E-state index contributed by atoms with van der Waals surface area (Å²) >= 11 is 6.45. The van der Waals surface area contributed by atoms with Crippen LogP contribution >= 0.6 is 11.6 Å². The van der Waals surface area contributed by atoms with E-state index in [9.17, 15) is 13.8 Å². The van der Waals surface area contributed by atoms with Crippen molar-refractivity contribution in [2.75, 3.05) is 37.5 Å². The first-order valence-electron chi connectivity index (χ1n) is 17.6. The zero-order chi connectivity index (χ0) is 34.9. The van der Waals surface area contributed by atoms with Crippen molar-refractivity contribution in [2.45, 2.75) is 69.3 Å².